The van der Waals surface area contributed by atoms with Crippen LogP contribution < -0.4 is 16.4 Å². The molecular formula is C17H24ClN3O2. The van der Waals surface area contributed by atoms with Gasteiger partial charge in [-0.15, -0.1) is 12.4 Å². The third kappa shape index (κ3) is 4.03. The number of amides is 2. The Hall–Kier alpha value is -1.59. The quantitative estimate of drug-likeness (QED) is 0.788. The number of anilines is 1. The second kappa shape index (κ2) is 7.32. The van der Waals surface area contributed by atoms with Crippen LogP contribution >= 0.6 is 12.4 Å². The molecule has 5 nitrogen and oxygen atoms in total. The van der Waals surface area contributed by atoms with E-state index in [1.807, 2.05) is 25.1 Å². The van der Waals surface area contributed by atoms with Crippen LogP contribution in [-0.2, 0) is 16.0 Å². The number of halogens is 1. The summed E-state index contributed by atoms with van der Waals surface area (Å²) in [4.78, 5) is 23.6. The molecule has 1 saturated carbocycles. The van der Waals surface area contributed by atoms with Crippen molar-refractivity contribution in [1.82, 2.24) is 5.32 Å². The summed E-state index contributed by atoms with van der Waals surface area (Å²) in [5.41, 5.74) is 8.93. The predicted octanol–water partition coefficient (Wildman–Crippen LogP) is 2.30. The minimum atomic E-state index is -0.0638. The standard InChI is InChI=1S/C17H23N3O2.ClH/c1-10(19-16(21)8-12-3-2-4-14(12)18)11-5-6-15-13(7-11)9-17(22)20-15;/h5-7,10,12,14H,2-4,8-9,18H2,1H3,(H,19,21)(H,20,22);1H/t10?,12-,14+;/m0./s1. The molecule has 2 amide bonds. The van der Waals surface area contributed by atoms with E-state index < -0.39 is 0 Å². The summed E-state index contributed by atoms with van der Waals surface area (Å²) in [7, 11) is 0. The zero-order chi connectivity index (χ0) is 15.7. The molecule has 0 saturated heterocycles. The van der Waals surface area contributed by atoms with E-state index in [1.54, 1.807) is 0 Å². The number of rotatable bonds is 4. The van der Waals surface area contributed by atoms with E-state index in [1.165, 1.54) is 0 Å². The number of fused-ring (bicyclic) bond motifs is 1. The van der Waals surface area contributed by atoms with Gasteiger partial charge in [0.25, 0.3) is 0 Å². The highest BCUT2D eigenvalue weighted by atomic mass is 35.5. The largest absolute Gasteiger partial charge is 0.350 e. The normalized spacial score (nSPS) is 23.7. The van der Waals surface area contributed by atoms with Gasteiger partial charge in [0, 0.05) is 18.2 Å². The Morgan fingerprint density at radius 3 is 2.91 bits per heavy atom. The first-order valence-corrected chi connectivity index (χ1v) is 8.00. The fourth-order valence-electron chi connectivity index (χ4n) is 3.46. The summed E-state index contributed by atoms with van der Waals surface area (Å²) in [6.45, 7) is 1.97. The van der Waals surface area contributed by atoms with Gasteiger partial charge in [-0.05, 0) is 42.9 Å². The second-order valence-electron chi connectivity index (χ2n) is 6.49. The van der Waals surface area contributed by atoms with Crippen LogP contribution in [0.15, 0.2) is 18.2 Å². The molecule has 126 valence electrons. The third-order valence-electron chi connectivity index (χ3n) is 4.80. The Morgan fingerprint density at radius 1 is 1.43 bits per heavy atom. The average molecular weight is 338 g/mol. The Labute approximate surface area is 142 Å². The van der Waals surface area contributed by atoms with Gasteiger partial charge in [-0.2, -0.15) is 0 Å². The SMILES string of the molecule is CC(NC(=O)C[C@@H]1CCC[C@H]1N)c1ccc2c(c1)CC(=O)N2.Cl. The summed E-state index contributed by atoms with van der Waals surface area (Å²) < 4.78 is 0. The van der Waals surface area contributed by atoms with E-state index >= 15 is 0 Å². The molecule has 1 heterocycles. The fraction of sp³-hybridized carbons (Fsp3) is 0.529. The molecule has 1 fully saturated rings. The number of nitrogens with two attached hydrogens (primary N) is 1. The maximum Gasteiger partial charge on any atom is 0.228 e. The van der Waals surface area contributed by atoms with E-state index in [9.17, 15) is 9.59 Å². The molecule has 1 aromatic rings. The van der Waals surface area contributed by atoms with Gasteiger partial charge < -0.3 is 16.4 Å². The molecule has 1 unspecified atom stereocenters. The first-order valence-electron chi connectivity index (χ1n) is 8.00. The summed E-state index contributed by atoms with van der Waals surface area (Å²) >= 11 is 0. The minimum absolute atomic E-state index is 0. The molecule has 6 heteroatoms. The Kier molecular flexibility index (Phi) is 5.65. The number of hydrogen-bond acceptors (Lipinski definition) is 3. The Morgan fingerprint density at radius 2 is 2.22 bits per heavy atom. The van der Waals surface area contributed by atoms with Gasteiger partial charge in [0.1, 0.15) is 0 Å². The van der Waals surface area contributed by atoms with Gasteiger partial charge in [0.2, 0.25) is 11.8 Å². The lowest BCUT2D eigenvalue weighted by Crippen LogP contribution is -2.32. The highest BCUT2D eigenvalue weighted by Crippen LogP contribution is 2.28. The molecule has 2 aliphatic rings. The van der Waals surface area contributed by atoms with Crippen molar-refractivity contribution in [3.05, 3.63) is 29.3 Å². The molecule has 4 N–H and O–H groups in total. The van der Waals surface area contributed by atoms with Gasteiger partial charge >= 0.3 is 0 Å². The molecule has 1 aromatic carbocycles. The van der Waals surface area contributed by atoms with Gasteiger partial charge in [-0.1, -0.05) is 18.6 Å². The monoisotopic (exact) mass is 337 g/mol. The second-order valence-corrected chi connectivity index (χ2v) is 6.49. The summed E-state index contributed by atoms with van der Waals surface area (Å²) in [6.07, 6.45) is 4.13. The molecule has 1 aliphatic carbocycles. The van der Waals surface area contributed by atoms with Crippen molar-refractivity contribution in [1.29, 1.82) is 0 Å². The third-order valence-corrected chi connectivity index (χ3v) is 4.80. The van der Waals surface area contributed by atoms with E-state index in [0.717, 1.165) is 36.1 Å². The maximum absolute atomic E-state index is 12.2. The van der Waals surface area contributed by atoms with Crippen molar-refractivity contribution in [2.45, 2.75) is 51.1 Å². The summed E-state index contributed by atoms with van der Waals surface area (Å²) in [6, 6.07) is 5.96. The number of nitrogens with one attached hydrogen (secondary N) is 2. The molecule has 23 heavy (non-hydrogen) atoms. The fourth-order valence-corrected chi connectivity index (χ4v) is 3.46. The zero-order valence-electron chi connectivity index (χ0n) is 13.3. The van der Waals surface area contributed by atoms with E-state index in [2.05, 4.69) is 10.6 Å². The topological polar surface area (TPSA) is 84.2 Å². The van der Waals surface area contributed by atoms with Crippen LogP contribution in [0.1, 0.15) is 49.8 Å². The lowest BCUT2D eigenvalue weighted by atomic mass is 9.99. The van der Waals surface area contributed by atoms with Crippen LogP contribution in [0, 0.1) is 5.92 Å². The van der Waals surface area contributed by atoms with Crippen LogP contribution in [0.3, 0.4) is 0 Å². The first kappa shape index (κ1) is 17.8. The lowest BCUT2D eigenvalue weighted by Gasteiger charge is -2.19. The molecule has 0 spiro atoms. The van der Waals surface area contributed by atoms with Crippen LogP contribution in [0.5, 0.6) is 0 Å². The van der Waals surface area contributed by atoms with Crippen molar-refractivity contribution in [3.63, 3.8) is 0 Å². The highest BCUT2D eigenvalue weighted by molar-refractivity contribution is 5.99. The van der Waals surface area contributed by atoms with E-state index in [4.69, 9.17) is 5.73 Å². The van der Waals surface area contributed by atoms with Gasteiger partial charge in [-0.3, -0.25) is 9.59 Å². The van der Waals surface area contributed by atoms with E-state index in [0.29, 0.717) is 18.8 Å². The average Bonchev–Trinajstić information content (AvgIpc) is 3.03. The van der Waals surface area contributed by atoms with Crippen LogP contribution in [-0.4, -0.2) is 17.9 Å². The molecule has 1 aliphatic heterocycles. The minimum Gasteiger partial charge on any atom is -0.350 e. The summed E-state index contributed by atoms with van der Waals surface area (Å²) in [5, 5.41) is 5.86. The number of carbonyl (C=O) groups is 2. The van der Waals surface area contributed by atoms with Crippen LogP contribution in [0.2, 0.25) is 0 Å². The molecule has 0 aromatic heterocycles. The first-order chi connectivity index (χ1) is 10.5. The molecule has 0 bridgehead atoms. The number of carbonyl (C=O) groups excluding carboxylic acids is 2. The molecular weight excluding hydrogens is 314 g/mol. The van der Waals surface area contributed by atoms with Crippen LogP contribution in [0.4, 0.5) is 5.69 Å². The van der Waals surface area contributed by atoms with Crippen molar-refractivity contribution in [2.75, 3.05) is 5.32 Å². The summed E-state index contributed by atoms with van der Waals surface area (Å²) in [5.74, 6) is 0.401. The van der Waals surface area contributed by atoms with E-state index in [-0.39, 0.29) is 36.3 Å². The molecule has 3 atom stereocenters. The molecule has 3 rings (SSSR count). The Balaban J connectivity index is 0.00000192. The lowest BCUT2D eigenvalue weighted by molar-refractivity contribution is -0.122. The highest BCUT2D eigenvalue weighted by Gasteiger charge is 2.26. The maximum atomic E-state index is 12.2. The van der Waals surface area contributed by atoms with Crippen molar-refractivity contribution in [3.8, 4) is 0 Å². The van der Waals surface area contributed by atoms with Crippen LogP contribution in [0.25, 0.3) is 0 Å². The predicted molar refractivity (Wildman–Crippen MR) is 92.5 cm³/mol. The smallest absolute Gasteiger partial charge is 0.228 e. The van der Waals surface area contributed by atoms with Gasteiger partial charge in [0.15, 0.2) is 0 Å². The molecule has 0 radical (unpaired) electrons. The Bertz CT molecular complexity index is 606. The van der Waals surface area contributed by atoms with Crippen molar-refractivity contribution in [2.24, 2.45) is 11.7 Å². The van der Waals surface area contributed by atoms with Crippen molar-refractivity contribution >= 4 is 29.9 Å². The van der Waals surface area contributed by atoms with Gasteiger partial charge in [-0.25, -0.2) is 0 Å². The van der Waals surface area contributed by atoms with Gasteiger partial charge in [0.05, 0.1) is 12.5 Å². The zero-order valence-corrected chi connectivity index (χ0v) is 14.1. The number of hydrogen-bond donors (Lipinski definition) is 3. The number of benzene rings is 1. The van der Waals surface area contributed by atoms with Crippen molar-refractivity contribution < 1.29 is 9.59 Å².